The van der Waals surface area contributed by atoms with Crippen molar-refractivity contribution in [1.29, 1.82) is 0 Å². The summed E-state index contributed by atoms with van der Waals surface area (Å²) in [6, 6.07) is 13.2. The van der Waals surface area contributed by atoms with E-state index in [1.54, 1.807) is 18.2 Å². The average molecular weight is 340 g/mol. The Morgan fingerprint density at radius 2 is 1.80 bits per heavy atom. The summed E-state index contributed by atoms with van der Waals surface area (Å²) in [4.78, 5) is 25.9. The molecule has 2 rings (SSSR count). The van der Waals surface area contributed by atoms with E-state index in [4.69, 9.17) is 4.74 Å². The third kappa shape index (κ3) is 5.16. The fourth-order valence-corrected chi connectivity index (χ4v) is 2.57. The van der Waals surface area contributed by atoms with Crippen molar-refractivity contribution in [3.05, 3.63) is 64.7 Å². The third-order valence-corrected chi connectivity index (χ3v) is 4.05. The standard InChI is InChI=1S/C20H24N2O3/c1-14-7-5-6-8-17(14)12-22(3)13-19(23)21-18-11-16(20(24)25-4)10-9-15(18)2/h5-11H,12-13H2,1-4H3,(H,21,23). The van der Waals surface area contributed by atoms with Gasteiger partial charge in [-0.1, -0.05) is 30.3 Å². The SMILES string of the molecule is COC(=O)c1ccc(C)c(NC(=O)CN(C)Cc2ccccc2C)c1. The molecular weight excluding hydrogens is 316 g/mol. The van der Waals surface area contributed by atoms with Gasteiger partial charge in [0.05, 0.1) is 19.2 Å². The van der Waals surface area contributed by atoms with Crippen molar-refractivity contribution in [3.8, 4) is 0 Å². The predicted octanol–water partition coefficient (Wildman–Crippen LogP) is 3.16. The van der Waals surface area contributed by atoms with Crippen LogP contribution in [0.3, 0.4) is 0 Å². The number of hydrogen-bond donors (Lipinski definition) is 1. The van der Waals surface area contributed by atoms with Gasteiger partial charge in [0.2, 0.25) is 5.91 Å². The van der Waals surface area contributed by atoms with Crippen molar-refractivity contribution in [1.82, 2.24) is 4.90 Å². The number of benzene rings is 2. The summed E-state index contributed by atoms with van der Waals surface area (Å²) in [5.74, 6) is -0.548. The van der Waals surface area contributed by atoms with E-state index in [1.807, 2.05) is 31.0 Å². The number of likely N-dealkylation sites (N-methyl/N-ethyl adjacent to an activating group) is 1. The molecule has 0 aliphatic rings. The van der Waals surface area contributed by atoms with Gasteiger partial charge in [-0.05, 0) is 49.7 Å². The van der Waals surface area contributed by atoms with E-state index in [2.05, 4.69) is 24.4 Å². The van der Waals surface area contributed by atoms with Gasteiger partial charge in [0, 0.05) is 12.2 Å². The predicted molar refractivity (Wildman–Crippen MR) is 98.7 cm³/mol. The van der Waals surface area contributed by atoms with Crippen molar-refractivity contribution >= 4 is 17.6 Å². The lowest BCUT2D eigenvalue weighted by Gasteiger charge is -2.18. The number of carbonyl (C=O) groups is 2. The van der Waals surface area contributed by atoms with Crippen molar-refractivity contribution in [2.45, 2.75) is 20.4 Å². The van der Waals surface area contributed by atoms with Crippen LogP contribution in [0.15, 0.2) is 42.5 Å². The van der Waals surface area contributed by atoms with E-state index in [1.165, 1.54) is 18.2 Å². The fraction of sp³-hybridized carbons (Fsp3) is 0.300. The second-order valence-corrected chi connectivity index (χ2v) is 6.17. The summed E-state index contributed by atoms with van der Waals surface area (Å²) in [6.07, 6.45) is 0. The molecule has 1 N–H and O–H groups in total. The first-order valence-electron chi connectivity index (χ1n) is 8.12. The molecule has 1 amide bonds. The number of ether oxygens (including phenoxy) is 1. The number of hydrogen-bond acceptors (Lipinski definition) is 4. The molecule has 0 saturated carbocycles. The number of aryl methyl sites for hydroxylation is 2. The van der Waals surface area contributed by atoms with Gasteiger partial charge in [-0.3, -0.25) is 9.69 Å². The quantitative estimate of drug-likeness (QED) is 0.821. The van der Waals surface area contributed by atoms with Gasteiger partial charge in [0.15, 0.2) is 0 Å². The Morgan fingerprint density at radius 3 is 2.48 bits per heavy atom. The summed E-state index contributed by atoms with van der Waals surface area (Å²) in [5.41, 5.74) is 4.33. The molecule has 0 spiro atoms. The van der Waals surface area contributed by atoms with Crippen LogP contribution in [-0.4, -0.2) is 37.5 Å². The second kappa shape index (κ2) is 8.44. The maximum atomic E-state index is 12.3. The lowest BCUT2D eigenvalue weighted by atomic mass is 10.1. The molecule has 2 aromatic rings. The highest BCUT2D eigenvalue weighted by molar-refractivity contribution is 5.96. The molecule has 0 aliphatic carbocycles. The zero-order valence-corrected chi connectivity index (χ0v) is 15.1. The molecule has 2 aromatic carbocycles. The van der Waals surface area contributed by atoms with Gasteiger partial charge in [0.1, 0.15) is 0 Å². The molecule has 132 valence electrons. The molecule has 5 heteroatoms. The zero-order chi connectivity index (χ0) is 18.4. The Hall–Kier alpha value is -2.66. The van der Waals surface area contributed by atoms with Crippen molar-refractivity contribution < 1.29 is 14.3 Å². The zero-order valence-electron chi connectivity index (χ0n) is 15.1. The minimum absolute atomic E-state index is 0.124. The molecule has 0 fully saturated rings. The molecule has 0 heterocycles. The Balaban J connectivity index is 2.00. The Labute approximate surface area is 148 Å². The van der Waals surface area contributed by atoms with Crippen molar-refractivity contribution in [2.75, 3.05) is 26.0 Å². The number of nitrogens with zero attached hydrogens (tertiary/aromatic N) is 1. The van der Waals surface area contributed by atoms with Crippen molar-refractivity contribution in [2.24, 2.45) is 0 Å². The number of carbonyl (C=O) groups excluding carboxylic acids is 2. The van der Waals surface area contributed by atoms with Gasteiger partial charge in [-0.25, -0.2) is 4.79 Å². The van der Waals surface area contributed by atoms with E-state index in [0.29, 0.717) is 17.8 Å². The molecule has 0 radical (unpaired) electrons. The lowest BCUT2D eigenvalue weighted by Crippen LogP contribution is -2.30. The molecule has 0 unspecified atom stereocenters. The maximum Gasteiger partial charge on any atom is 0.337 e. The van der Waals surface area contributed by atoms with Crippen LogP contribution in [0.4, 0.5) is 5.69 Å². The largest absolute Gasteiger partial charge is 0.465 e. The highest BCUT2D eigenvalue weighted by Gasteiger charge is 2.12. The highest BCUT2D eigenvalue weighted by Crippen LogP contribution is 2.18. The molecule has 0 aromatic heterocycles. The van der Waals surface area contributed by atoms with Crippen LogP contribution in [0, 0.1) is 13.8 Å². The summed E-state index contributed by atoms with van der Waals surface area (Å²) >= 11 is 0. The monoisotopic (exact) mass is 340 g/mol. The smallest absolute Gasteiger partial charge is 0.337 e. The summed E-state index contributed by atoms with van der Waals surface area (Å²) in [6.45, 7) is 4.90. The second-order valence-electron chi connectivity index (χ2n) is 6.17. The molecular formula is C20H24N2O3. The third-order valence-electron chi connectivity index (χ3n) is 4.05. The van der Waals surface area contributed by atoms with Crippen molar-refractivity contribution in [3.63, 3.8) is 0 Å². The van der Waals surface area contributed by atoms with Crippen LogP contribution in [0.25, 0.3) is 0 Å². The topological polar surface area (TPSA) is 58.6 Å². The molecule has 0 aliphatic heterocycles. The number of amides is 1. The van der Waals surface area contributed by atoms with Gasteiger partial charge in [-0.2, -0.15) is 0 Å². The Morgan fingerprint density at radius 1 is 1.08 bits per heavy atom. The molecule has 25 heavy (non-hydrogen) atoms. The van der Waals surface area contributed by atoms with Crippen LogP contribution >= 0.6 is 0 Å². The number of esters is 1. The first kappa shape index (κ1) is 18.7. The minimum Gasteiger partial charge on any atom is -0.465 e. The van der Waals surface area contributed by atoms with E-state index in [-0.39, 0.29) is 12.5 Å². The molecule has 5 nitrogen and oxygen atoms in total. The maximum absolute atomic E-state index is 12.3. The number of nitrogens with one attached hydrogen (secondary N) is 1. The van der Waals surface area contributed by atoms with E-state index in [9.17, 15) is 9.59 Å². The van der Waals surface area contributed by atoms with Crippen LogP contribution in [0.5, 0.6) is 0 Å². The summed E-state index contributed by atoms with van der Waals surface area (Å²) < 4.78 is 4.72. The number of rotatable bonds is 6. The molecule has 0 bridgehead atoms. The van der Waals surface area contributed by atoms with Gasteiger partial charge in [-0.15, -0.1) is 0 Å². The number of anilines is 1. The fourth-order valence-electron chi connectivity index (χ4n) is 2.57. The molecule has 0 atom stereocenters. The first-order chi connectivity index (χ1) is 11.9. The highest BCUT2D eigenvalue weighted by atomic mass is 16.5. The van der Waals surface area contributed by atoms with E-state index in [0.717, 1.165) is 5.56 Å². The van der Waals surface area contributed by atoms with Crippen LogP contribution < -0.4 is 5.32 Å². The molecule has 0 saturated heterocycles. The van der Waals surface area contributed by atoms with Gasteiger partial charge in [0.25, 0.3) is 0 Å². The minimum atomic E-state index is -0.424. The Kier molecular flexibility index (Phi) is 6.31. The van der Waals surface area contributed by atoms with E-state index < -0.39 is 5.97 Å². The van der Waals surface area contributed by atoms with E-state index >= 15 is 0 Å². The van der Waals surface area contributed by atoms with Gasteiger partial charge >= 0.3 is 5.97 Å². The Bertz CT molecular complexity index is 771. The normalized spacial score (nSPS) is 10.6. The average Bonchev–Trinajstić information content (AvgIpc) is 2.58. The number of methoxy groups -OCH3 is 1. The van der Waals surface area contributed by atoms with Crippen LogP contribution in [-0.2, 0) is 16.1 Å². The summed E-state index contributed by atoms with van der Waals surface area (Å²) in [7, 11) is 3.24. The van der Waals surface area contributed by atoms with Gasteiger partial charge < -0.3 is 10.1 Å². The van der Waals surface area contributed by atoms with Crippen LogP contribution in [0.1, 0.15) is 27.0 Å². The summed E-state index contributed by atoms with van der Waals surface area (Å²) in [5, 5.41) is 2.87. The van der Waals surface area contributed by atoms with Crippen LogP contribution in [0.2, 0.25) is 0 Å². The first-order valence-corrected chi connectivity index (χ1v) is 8.12. The lowest BCUT2D eigenvalue weighted by molar-refractivity contribution is -0.117.